The minimum Gasteiger partial charge on any atom is -0.494 e. The van der Waals surface area contributed by atoms with Crippen LogP contribution in [0.3, 0.4) is 0 Å². The van der Waals surface area contributed by atoms with Crippen molar-refractivity contribution in [3.63, 3.8) is 0 Å². The van der Waals surface area contributed by atoms with Gasteiger partial charge < -0.3 is 21.1 Å². The van der Waals surface area contributed by atoms with Gasteiger partial charge in [-0.2, -0.15) is 0 Å². The number of amides is 2. The minimum absolute atomic E-state index is 0.493. The number of rotatable bonds is 7. The molecule has 0 saturated carbocycles. The number of hydrogen-bond donors (Lipinski definition) is 3. The second kappa shape index (κ2) is 7.51. The Morgan fingerprint density at radius 1 is 1.29 bits per heavy atom. The van der Waals surface area contributed by atoms with Crippen molar-refractivity contribution in [2.45, 2.75) is 13.5 Å². The van der Waals surface area contributed by atoms with Gasteiger partial charge in [0.1, 0.15) is 5.75 Å². The number of nitrogens with two attached hydrogens (primary N) is 1. The van der Waals surface area contributed by atoms with Gasteiger partial charge in [0.2, 0.25) is 0 Å². The molecule has 0 radical (unpaired) electrons. The maximum absolute atomic E-state index is 10.4. The fraction of sp³-hybridized carbons (Fsp3) is 0.417. The number of benzene rings is 1. The topological polar surface area (TPSA) is 76.4 Å². The smallest absolute Gasteiger partial charge is 0.312 e. The first-order valence-electron chi connectivity index (χ1n) is 5.68. The van der Waals surface area contributed by atoms with Crippen molar-refractivity contribution in [3.8, 4) is 5.75 Å². The molecule has 5 heteroatoms. The molecule has 17 heavy (non-hydrogen) atoms. The van der Waals surface area contributed by atoms with Crippen LogP contribution in [-0.2, 0) is 6.54 Å². The molecule has 4 N–H and O–H groups in total. The monoisotopic (exact) mass is 237 g/mol. The summed E-state index contributed by atoms with van der Waals surface area (Å²) in [7, 11) is 0. The SMILES string of the molecule is CCOc1ccc(CNCCNC(N)=O)cc1. The van der Waals surface area contributed by atoms with E-state index in [0.717, 1.165) is 12.3 Å². The third-order valence-electron chi connectivity index (χ3n) is 2.16. The predicted molar refractivity (Wildman–Crippen MR) is 66.9 cm³/mol. The van der Waals surface area contributed by atoms with Crippen molar-refractivity contribution in [2.75, 3.05) is 19.7 Å². The Morgan fingerprint density at radius 2 is 2.00 bits per heavy atom. The first kappa shape index (κ1) is 13.3. The van der Waals surface area contributed by atoms with Crippen molar-refractivity contribution in [3.05, 3.63) is 29.8 Å². The van der Waals surface area contributed by atoms with E-state index in [9.17, 15) is 4.79 Å². The largest absolute Gasteiger partial charge is 0.494 e. The number of primary amides is 1. The van der Waals surface area contributed by atoms with E-state index in [1.165, 1.54) is 5.56 Å². The van der Waals surface area contributed by atoms with Crippen molar-refractivity contribution >= 4 is 6.03 Å². The number of nitrogens with one attached hydrogen (secondary N) is 2. The lowest BCUT2D eigenvalue weighted by molar-refractivity contribution is 0.249. The molecule has 0 atom stereocenters. The summed E-state index contributed by atoms with van der Waals surface area (Å²) in [6.07, 6.45) is 0. The highest BCUT2D eigenvalue weighted by Crippen LogP contribution is 2.11. The predicted octanol–water partition coefficient (Wildman–Crippen LogP) is 0.843. The molecular weight excluding hydrogens is 218 g/mol. The third kappa shape index (κ3) is 5.77. The lowest BCUT2D eigenvalue weighted by Gasteiger charge is -2.07. The summed E-state index contributed by atoms with van der Waals surface area (Å²) < 4.78 is 5.35. The van der Waals surface area contributed by atoms with E-state index in [-0.39, 0.29) is 0 Å². The van der Waals surface area contributed by atoms with Crippen LogP contribution in [0.15, 0.2) is 24.3 Å². The summed E-state index contributed by atoms with van der Waals surface area (Å²) in [5, 5.41) is 5.71. The van der Waals surface area contributed by atoms with E-state index in [1.807, 2.05) is 31.2 Å². The quantitative estimate of drug-likeness (QED) is 0.615. The van der Waals surface area contributed by atoms with Gasteiger partial charge in [0.25, 0.3) is 0 Å². The van der Waals surface area contributed by atoms with Crippen LogP contribution in [0.4, 0.5) is 4.79 Å². The third-order valence-corrected chi connectivity index (χ3v) is 2.16. The maximum Gasteiger partial charge on any atom is 0.312 e. The van der Waals surface area contributed by atoms with Crippen LogP contribution in [-0.4, -0.2) is 25.7 Å². The molecule has 0 unspecified atom stereocenters. The first-order chi connectivity index (χ1) is 8.22. The van der Waals surface area contributed by atoms with Crippen molar-refractivity contribution in [2.24, 2.45) is 5.73 Å². The normalized spacial score (nSPS) is 9.94. The Hall–Kier alpha value is -1.75. The van der Waals surface area contributed by atoms with Crippen molar-refractivity contribution < 1.29 is 9.53 Å². The first-order valence-corrected chi connectivity index (χ1v) is 5.68. The zero-order valence-electron chi connectivity index (χ0n) is 10.0. The van der Waals surface area contributed by atoms with Gasteiger partial charge in [-0.1, -0.05) is 12.1 Å². The van der Waals surface area contributed by atoms with Gasteiger partial charge in [0.05, 0.1) is 6.61 Å². The molecular formula is C12H19N3O2. The summed E-state index contributed by atoms with van der Waals surface area (Å²) in [5.74, 6) is 0.881. The van der Waals surface area contributed by atoms with Crippen LogP contribution in [0.5, 0.6) is 5.75 Å². The van der Waals surface area contributed by atoms with E-state index >= 15 is 0 Å². The second-order valence-corrected chi connectivity index (χ2v) is 3.54. The van der Waals surface area contributed by atoms with Crippen LogP contribution in [0.25, 0.3) is 0 Å². The molecule has 0 fully saturated rings. The number of urea groups is 1. The van der Waals surface area contributed by atoms with Crippen molar-refractivity contribution in [1.82, 2.24) is 10.6 Å². The number of hydrogen-bond acceptors (Lipinski definition) is 3. The molecule has 0 bridgehead atoms. The van der Waals surface area contributed by atoms with Gasteiger partial charge in [-0.15, -0.1) is 0 Å². The zero-order chi connectivity index (χ0) is 12.5. The van der Waals surface area contributed by atoms with Crippen LogP contribution < -0.4 is 21.1 Å². The molecule has 5 nitrogen and oxygen atoms in total. The van der Waals surface area contributed by atoms with E-state index < -0.39 is 6.03 Å². The van der Waals surface area contributed by atoms with Crippen molar-refractivity contribution in [1.29, 1.82) is 0 Å². The van der Waals surface area contributed by atoms with E-state index in [2.05, 4.69) is 10.6 Å². The minimum atomic E-state index is -0.493. The van der Waals surface area contributed by atoms with Gasteiger partial charge in [-0.3, -0.25) is 0 Å². The van der Waals surface area contributed by atoms with Crippen LogP contribution in [0.1, 0.15) is 12.5 Å². The Kier molecular flexibility index (Phi) is 5.88. The molecule has 0 aromatic heterocycles. The highest BCUT2D eigenvalue weighted by Gasteiger charge is 1.95. The van der Waals surface area contributed by atoms with Gasteiger partial charge in [-0.05, 0) is 24.6 Å². The standard InChI is InChI=1S/C12H19N3O2/c1-2-17-11-5-3-10(4-6-11)9-14-7-8-15-12(13)16/h3-6,14H,2,7-9H2,1H3,(H3,13,15,16). The summed E-state index contributed by atoms with van der Waals surface area (Å²) in [6, 6.07) is 7.43. The zero-order valence-corrected chi connectivity index (χ0v) is 10.0. The number of carbonyl (C=O) groups is 1. The van der Waals surface area contributed by atoms with Gasteiger partial charge in [0.15, 0.2) is 0 Å². The van der Waals surface area contributed by atoms with E-state index in [0.29, 0.717) is 19.7 Å². The lowest BCUT2D eigenvalue weighted by Crippen LogP contribution is -2.35. The Bertz CT molecular complexity index is 338. The molecule has 1 aromatic rings. The molecule has 0 heterocycles. The maximum atomic E-state index is 10.4. The summed E-state index contributed by atoms with van der Waals surface area (Å²) in [6.45, 7) is 4.62. The number of carbonyl (C=O) groups excluding carboxylic acids is 1. The average molecular weight is 237 g/mol. The molecule has 0 saturated heterocycles. The molecule has 2 amide bonds. The van der Waals surface area contributed by atoms with Gasteiger partial charge in [-0.25, -0.2) is 4.79 Å². The molecule has 94 valence electrons. The molecule has 0 aliphatic carbocycles. The van der Waals surface area contributed by atoms with E-state index in [1.54, 1.807) is 0 Å². The summed E-state index contributed by atoms with van der Waals surface area (Å²) in [5.41, 5.74) is 6.11. The summed E-state index contributed by atoms with van der Waals surface area (Å²) in [4.78, 5) is 10.4. The molecule has 1 aromatic carbocycles. The van der Waals surface area contributed by atoms with Crippen LogP contribution in [0.2, 0.25) is 0 Å². The fourth-order valence-corrected chi connectivity index (χ4v) is 1.38. The molecule has 0 aliphatic rings. The summed E-state index contributed by atoms with van der Waals surface area (Å²) >= 11 is 0. The Labute approximate surface area is 101 Å². The highest BCUT2D eigenvalue weighted by atomic mass is 16.5. The second-order valence-electron chi connectivity index (χ2n) is 3.54. The Morgan fingerprint density at radius 3 is 2.59 bits per heavy atom. The fourth-order valence-electron chi connectivity index (χ4n) is 1.38. The Balaban J connectivity index is 2.20. The lowest BCUT2D eigenvalue weighted by atomic mass is 10.2. The molecule has 0 spiro atoms. The average Bonchev–Trinajstić information content (AvgIpc) is 2.31. The van der Waals surface area contributed by atoms with Gasteiger partial charge in [0, 0.05) is 19.6 Å². The molecule has 0 aliphatic heterocycles. The highest BCUT2D eigenvalue weighted by molar-refractivity contribution is 5.71. The van der Waals surface area contributed by atoms with Gasteiger partial charge >= 0.3 is 6.03 Å². The van der Waals surface area contributed by atoms with Crippen LogP contribution in [0, 0.1) is 0 Å². The van der Waals surface area contributed by atoms with E-state index in [4.69, 9.17) is 10.5 Å². The molecule has 1 rings (SSSR count). The van der Waals surface area contributed by atoms with Crippen LogP contribution >= 0.6 is 0 Å². The number of ether oxygens (including phenoxy) is 1.